The minimum atomic E-state index is -0.523. The molecular formula is C19H19N3O4. The second-order valence-electron chi connectivity index (χ2n) is 5.84. The first-order chi connectivity index (χ1) is 12.3. The molecule has 7 heteroatoms. The highest BCUT2D eigenvalue weighted by Gasteiger charge is 2.13. The van der Waals surface area contributed by atoms with E-state index in [-0.39, 0.29) is 11.4 Å². The molecule has 0 saturated carbocycles. The second kappa shape index (κ2) is 8.06. The monoisotopic (exact) mass is 353 g/mol. The lowest BCUT2D eigenvalue weighted by atomic mass is 10.1. The average Bonchev–Trinajstić information content (AvgIpc) is 2.57. The van der Waals surface area contributed by atoms with E-state index in [0.29, 0.717) is 11.3 Å². The van der Waals surface area contributed by atoms with Crippen molar-refractivity contribution in [3.8, 4) is 0 Å². The molecule has 0 aromatic heterocycles. The minimum Gasteiger partial charge on any atom is -0.322 e. The summed E-state index contributed by atoms with van der Waals surface area (Å²) in [6.07, 6.45) is 1.39. The van der Waals surface area contributed by atoms with Crippen LogP contribution in [0.4, 0.5) is 11.4 Å². The van der Waals surface area contributed by atoms with Gasteiger partial charge in [0, 0.05) is 24.7 Å². The van der Waals surface area contributed by atoms with Crippen LogP contribution in [-0.4, -0.2) is 16.7 Å². The number of hydrogen-bond acceptors (Lipinski definition) is 4. The van der Waals surface area contributed by atoms with E-state index in [1.54, 1.807) is 12.1 Å². The molecule has 0 heterocycles. The first-order valence-corrected chi connectivity index (χ1v) is 7.88. The number of carbonyl (C=O) groups excluding carboxylic acids is 2. The molecule has 0 aliphatic carbocycles. The predicted octanol–water partition coefficient (Wildman–Crippen LogP) is 3.33. The summed E-state index contributed by atoms with van der Waals surface area (Å²) in [7, 11) is 0. The number of amides is 2. The molecule has 0 bridgehead atoms. The summed E-state index contributed by atoms with van der Waals surface area (Å²) < 4.78 is 0. The number of nitrogens with zero attached hydrogens (tertiary/aromatic N) is 1. The Hall–Kier alpha value is -3.48. The quantitative estimate of drug-likeness (QED) is 0.489. The van der Waals surface area contributed by atoms with Crippen LogP contribution in [0.5, 0.6) is 0 Å². The molecule has 26 heavy (non-hydrogen) atoms. The summed E-state index contributed by atoms with van der Waals surface area (Å²) in [4.78, 5) is 34.3. The Morgan fingerprint density at radius 2 is 1.81 bits per heavy atom. The number of nitro groups is 1. The van der Waals surface area contributed by atoms with Crippen LogP contribution in [0, 0.1) is 24.0 Å². The van der Waals surface area contributed by atoms with Crippen molar-refractivity contribution in [2.24, 2.45) is 0 Å². The van der Waals surface area contributed by atoms with Gasteiger partial charge in [0.2, 0.25) is 5.91 Å². The van der Waals surface area contributed by atoms with Crippen LogP contribution < -0.4 is 10.6 Å². The molecule has 2 N–H and O–H groups in total. The maximum atomic E-state index is 12.5. The van der Waals surface area contributed by atoms with Gasteiger partial charge in [-0.1, -0.05) is 18.2 Å². The van der Waals surface area contributed by atoms with Crippen LogP contribution >= 0.6 is 0 Å². The lowest BCUT2D eigenvalue weighted by molar-refractivity contribution is -0.384. The Morgan fingerprint density at radius 1 is 1.08 bits per heavy atom. The van der Waals surface area contributed by atoms with Crippen molar-refractivity contribution in [2.75, 3.05) is 5.32 Å². The molecular weight excluding hydrogens is 334 g/mol. The fourth-order valence-corrected chi connectivity index (χ4v) is 2.26. The van der Waals surface area contributed by atoms with Gasteiger partial charge in [-0.25, -0.2) is 0 Å². The van der Waals surface area contributed by atoms with Gasteiger partial charge in [0.15, 0.2) is 0 Å². The second-order valence-corrected chi connectivity index (χ2v) is 5.84. The van der Waals surface area contributed by atoms with Gasteiger partial charge in [-0.15, -0.1) is 0 Å². The maximum Gasteiger partial charge on any atom is 0.272 e. The van der Waals surface area contributed by atoms with Gasteiger partial charge in [0.25, 0.3) is 11.6 Å². The Morgan fingerprint density at radius 3 is 2.42 bits per heavy atom. The molecule has 2 aromatic carbocycles. The first-order valence-electron chi connectivity index (χ1n) is 7.88. The molecule has 0 saturated heterocycles. The van der Waals surface area contributed by atoms with Gasteiger partial charge >= 0.3 is 0 Å². The SMILES string of the molecule is CC(=O)NC(=Cc1cccc([N+](=O)[O-])c1)C(=O)Nc1ccc(C)c(C)c1. The highest BCUT2D eigenvalue weighted by Crippen LogP contribution is 2.17. The number of anilines is 1. The van der Waals surface area contributed by atoms with Gasteiger partial charge in [-0.3, -0.25) is 19.7 Å². The van der Waals surface area contributed by atoms with Gasteiger partial charge in [-0.2, -0.15) is 0 Å². The minimum absolute atomic E-state index is 0.00349. The summed E-state index contributed by atoms with van der Waals surface area (Å²) in [6, 6.07) is 11.3. The van der Waals surface area contributed by atoms with Crippen molar-refractivity contribution >= 4 is 29.3 Å². The third-order valence-electron chi connectivity index (χ3n) is 3.71. The average molecular weight is 353 g/mol. The zero-order chi connectivity index (χ0) is 19.3. The van der Waals surface area contributed by atoms with Crippen molar-refractivity contribution in [2.45, 2.75) is 20.8 Å². The molecule has 2 rings (SSSR count). The van der Waals surface area contributed by atoms with E-state index in [0.717, 1.165) is 11.1 Å². The molecule has 0 aliphatic heterocycles. The summed E-state index contributed by atoms with van der Waals surface area (Å²) in [5.74, 6) is -0.938. The molecule has 134 valence electrons. The van der Waals surface area contributed by atoms with Crippen LogP contribution in [0.1, 0.15) is 23.6 Å². The summed E-state index contributed by atoms with van der Waals surface area (Å²) in [5.41, 5.74) is 3.03. The molecule has 0 aliphatic rings. The van der Waals surface area contributed by atoms with E-state index in [9.17, 15) is 19.7 Å². The summed E-state index contributed by atoms with van der Waals surface area (Å²) >= 11 is 0. The number of nitrogens with one attached hydrogen (secondary N) is 2. The third kappa shape index (κ3) is 5.01. The topological polar surface area (TPSA) is 101 Å². The van der Waals surface area contributed by atoms with Crippen LogP contribution in [0.3, 0.4) is 0 Å². The molecule has 2 amide bonds. The van der Waals surface area contributed by atoms with Crippen LogP contribution in [0.25, 0.3) is 6.08 Å². The highest BCUT2D eigenvalue weighted by molar-refractivity contribution is 6.08. The molecule has 0 fully saturated rings. The molecule has 0 atom stereocenters. The van der Waals surface area contributed by atoms with Crippen molar-refractivity contribution in [1.82, 2.24) is 5.32 Å². The van der Waals surface area contributed by atoms with Gasteiger partial charge in [-0.05, 0) is 48.7 Å². The lowest BCUT2D eigenvalue weighted by Crippen LogP contribution is -2.29. The van der Waals surface area contributed by atoms with Crippen LogP contribution in [0.2, 0.25) is 0 Å². The Labute approximate surface area is 150 Å². The maximum absolute atomic E-state index is 12.5. The number of carbonyl (C=O) groups is 2. The van der Waals surface area contributed by atoms with Crippen LogP contribution in [-0.2, 0) is 9.59 Å². The smallest absolute Gasteiger partial charge is 0.272 e. The van der Waals surface area contributed by atoms with E-state index in [2.05, 4.69) is 10.6 Å². The van der Waals surface area contributed by atoms with Crippen molar-refractivity contribution in [3.63, 3.8) is 0 Å². The third-order valence-corrected chi connectivity index (χ3v) is 3.71. The Kier molecular flexibility index (Phi) is 5.85. The molecule has 0 spiro atoms. The molecule has 2 aromatic rings. The Balaban J connectivity index is 2.32. The van der Waals surface area contributed by atoms with Crippen LogP contribution in [0.15, 0.2) is 48.2 Å². The molecule has 7 nitrogen and oxygen atoms in total. The largest absolute Gasteiger partial charge is 0.322 e. The molecule has 0 radical (unpaired) electrons. The number of aryl methyl sites for hydroxylation is 2. The standard InChI is InChI=1S/C19H19N3O4/c1-12-7-8-16(9-13(12)2)21-19(24)18(20-14(3)23)11-15-5-4-6-17(10-15)22(25)26/h4-11H,1-3H3,(H,20,23)(H,21,24). The number of hydrogen-bond donors (Lipinski definition) is 2. The van der Waals surface area contributed by atoms with E-state index < -0.39 is 16.7 Å². The fraction of sp³-hybridized carbons (Fsp3) is 0.158. The normalized spacial score (nSPS) is 11.0. The van der Waals surface area contributed by atoms with E-state index in [1.165, 1.54) is 31.2 Å². The fourth-order valence-electron chi connectivity index (χ4n) is 2.26. The summed E-state index contributed by atoms with van der Waals surface area (Å²) in [6.45, 7) is 5.18. The first kappa shape index (κ1) is 18.9. The van der Waals surface area contributed by atoms with Gasteiger partial charge < -0.3 is 10.6 Å². The Bertz CT molecular complexity index is 903. The van der Waals surface area contributed by atoms with E-state index >= 15 is 0 Å². The zero-order valence-corrected chi connectivity index (χ0v) is 14.7. The van der Waals surface area contributed by atoms with Crippen molar-refractivity contribution in [3.05, 3.63) is 75.0 Å². The predicted molar refractivity (Wildman–Crippen MR) is 99.4 cm³/mol. The van der Waals surface area contributed by atoms with Crippen molar-refractivity contribution < 1.29 is 14.5 Å². The number of non-ortho nitro benzene ring substituents is 1. The number of nitro benzene ring substituents is 1. The lowest BCUT2D eigenvalue weighted by Gasteiger charge is -2.11. The van der Waals surface area contributed by atoms with Crippen molar-refractivity contribution in [1.29, 1.82) is 0 Å². The number of rotatable bonds is 5. The van der Waals surface area contributed by atoms with E-state index in [4.69, 9.17) is 0 Å². The summed E-state index contributed by atoms with van der Waals surface area (Å²) in [5, 5.41) is 16.1. The van der Waals surface area contributed by atoms with Gasteiger partial charge in [0.05, 0.1) is 4.92 Å². The van der Waals surface area contributed by atoms with E-state index in [1.807, 2.05) is 26.0 Å². The zero-order valence-electron chi connectivity index (χ0n) is 14.7. The van der Waals surface area contributed by atoms with Gasteiger partial charge in [0.1, 0.15) is 5.70 Å². The highest BCUT2D eigenvalue weighted by atomic mass is 16.6. The molecule has 0 unspecified atom stereocenters. The number of benzene rings is 2.